The summed E-state index contributed by atoms with van der Waals surface area (Å²) in [5, 5.41) is 4.70. The maximum absolute atomic E-state index is 11.9. The van der Waals surface area contributed by atoms with E-state index < -0.39 is 19.9 Å². The number of rotatable bonds is 12. The maximum atomic E-state index is 11.9. The molecule has 1 rings (SSSR count). The van der Waals surface area contributed by atoms with Crippen LogP contribution in [0.5, 0.6) is 0 Å². The second kappa shape index (κ2) is 10.2. The molecule has 0 fully saturated rings. The summed E-state index contributed by atoms with van der Waals surface area (Å²) in [5.74, 6) is 0.366. The van der Waals surface area contributed by atoms with Crippen LogP contribution in [0.25, 0.3) is 0 Å². The first-order valence-corrected chi connectivity index (χ1v) is 12.1. The van der Waals surface area contributed by atoms with Gasteiger partial charge in [-0.25, -0.2) is 22.0 Å². The molecule has 26 heavy (non-hydrogen) atoms. The summed E-state index contributed by atoms with van der Waals surface area (Å²) in [5.41, 5.74) is 0.962. The number of primary sulfonamides is 1. The molecule has 0 aliphatic carbocycles. The van der Waals surface area contributed by atoms with Gasteiger partial charge in [-0.3, -0.25) is 4.79 Å². The molecule has 8 heteroatoms. The van der Waals surface area contributed by atoms with E-state index >= 15 is 0 Å². The average molecular weight is 404 g/mol. The number of sulfone groups is 1. The van der Waals surface area contributed by atoms with Crippen LogP contribution < -0.4 is 5.14 Å². The summed E-state index contributed by atoms with van der Waals surface area (Å²) in [4.78, 5) is 12.0. The van der Waals surface area contributed by atoms with Crippen LogP contribution in [0.15, 0.2) is 29.2 Å². The Balaban J connectivity index is 2.21. The molecule has 0 unspecified atom stereocenters. The molecular weight excluding hydrogens is 374 g/mol. The number of carbonyl (C=O) groups excluding carboxylic acids is 1. The molecule has 0 aliphatic heterocycles. The highest BCUT2D eigenvalue weighted by Crippen LogP contribution is 2.13. The van der Waals surface area contributed by atoms with Crippen molar-refractivity contribution in [2.75, 3.05) is 5.75 Å². The molecule has 0 saturated carbocycles. The first kappa shape index (κ1) is 22.8. The summed E-state index contributed by atoms with van der Waals surface area (Å²) in [7, 11) is -6.66. The minimum atomic E-state index is -3.67. The molecule has 0 bridgehead atoms. The van der Waals surface area contributed by atoms with Gasteiger partial charge < -0.3 is 0 Å². The fourth-order valence-corrected chi connectivity index (χ4v) is 4.09. The van der Waals surface area contributed by atoms with Gasteiger partial charge >= 0.3 is 0 Å². The number of ketones is 1. The minimum Gasteiger partial charge on any atom is -0.300 e. The molecule has 1 aromatic carbocycles. The predicted octanol–water partition coefficient (Wildman–Crippen LogP) is 2.61. The normalized spacial score (nSPS) is 12.5. The number of hydrogen-bond acceptors (Lipinski definition) is 5. The summed E-state index contributed by atoms with van der Waals surface area (Å²) in [6.07, 6.45) is 4.41. The van der Waals surface area contributed by atoms with Crippen molar-refractivity contribution in [2.24, 2.45) is 5.14 Å². The first-order valence-electron chi connectivity index (χ1n) is 8.87. The van der Waals surface area contributed by atoms with Crippen molar-refractivity contribution in [3.8, 4) is 0 Å². The quantitative estimate of drug-likeness (QED) is 0.539. The predicted molar refractivity (Wildman–Crippen MR) is 103 cm³/mol. The lowest BCUT2D eigenvalue weighted by Crippen LogP contribution is -2.17. The van der Waals surface area contributed by atoms with Gasteiger partial charge in [0.25, 0.3) is 0 Å². The zero-order chi connectivity index (χ0) is 19.8. The van der Waals surface area contributed by atoms with Gasteiger partial charge in [-0.2, -0.15) is 0 Å². The van der Waals surface area contributed by atoms with Crippen molar-refractivity contribution in [3.63, 3.8) is 0 Å². The topological polar surface area (TPSA) is 111 Å². The van der Waals surface area contributed by atoms with Crippen LogP contribution in [0.2, 0.25) is 0 Å². The summed E-state index contributed by atoms with van der Waals surface area (Å²) < 4.78 is 45.7. The second-order valence-electron chi connectivity index (χ2n) is 6.81. The van der Waals surface area contributed by atoms with E-state index in [0.29, 0.717) is 32.1 Å². The van der Waals surface area contributed by atoms with Crippen LogP contribution in [0, 0.1) is 0 Å². The highest BCUT2D eigenvalue weighted by molar-refractivity contribution is 7.91. The smallest absolute Gasteiger partial charge is 0.238 e. The van der Waals surface area contributed by atoms with Crippen LogP contribution in [-0.2, 0) is 31.1 Å². The largest absolute Gasteiger partial charge is 0.300 e. The van der Waals surface area contributed by atoms with Crippen molar-refractivity contribution in [3.05, 3.63) is 29.8 Å². The number of aryl methyl sites for hydroxylation is 1. The van der Waals surface area contributed by atoms with E-state index in [-0.39, 0.29) is 21.7 Å². The lowest BCUT2D eigenvalue weighted by molar-refractivity contribution is -0.119. The third-order valence-corrected chi connectivity index (χ3v) is 7.50. The number of unbranched alkanes of at least 4 members (excludes halogenated alkanes) is 2. The molecular formula is C18H29NO5S2. The fourth-order valence-electron chi connectivity index (χ4n) is 2.50. The maximum Gasteiger partial charge on any atom is 0.238 e. The molecule has 0 heterocycles. The summed E-state index contributed by atoms with van der Waals surface area (Å²) >= 11 is 0. The van der Waals surface area contributed by atoms with E-state index in [9.17, 15) is 21.6 Å². The van der Waals surface area contributed by atoms with Crippen molar-refractivity contribution in [2.45, 2.75) is 68.9 Å². The number of carbonyl (C=O) groups is 1. The Morgan fingerprint density at radius 2 is 1.50 bits per heavy atom. The number of hydrogen-bond donors (Lipinski definition) is 1. The zero-order valence-corrected chi connectivity index (χ0v) is 17.1. The molecule has 6 nitrogen and oxygen atoms in total. The average Bonchev–Trinajstić information content (AvgIpc) is 2.54. The molecule has 148 valence electrons. The van der Waals surface area contributed by atoms with Crippen LogP contribution in [0.4, 0.5) is 0 Å². The van der Waals surface area contributed by atoms with Crippen LogP contribution in [0.3, 0.4) is 0 Å². The van der Waals surface area contributed by atoms with Gasteiger partial charge in [0.05, 0.1) is 15.9 Å². The van der Waals surface area contributed by atoms with Gasteiger partial charge in [-0.15, -0.1) is 0 Å². The molecule has 0 atom stereocenters. The zero-order valence-electron chi connectivity index (χ0n) is 15.5. The molecule has 0 radical (unpaired) electrons. The molecule has 0 spiro atoms. The van der Waals surface area contributed by atoms with Crippen molar-refractivity contribution in [1.82, 2.24) is 0 Å². The van der Waals surface area contributed by atoms with Crippen molar-refractivity contribution >= 4 is 25.6 Å². The van der Waals surface area contributed by atoms with Crippen LogP contribution in [-0.4, -0.2) is 33.6 Å². The Bertz CT molecular complexity index is 781. The van der Waals surface area contributed by atoms with E-state index in [4.69, 9.17) is 5.14 Å². The molecule has 0 amide bonds. The van der Waals surface area contributed by atoms with Gasteiger partial charge in [0, 0.05) is 12.8 Å². The summed E-state index contributed by atoms with van der Waals surface area (Å²) in [6.45, 7) is 3.36. The first-order chi connectivity index (χ1) is 12.0. The van der Waals surface area contributed by atoms with Gasteiger partial charge in [0.2, 0.25) is 10.0 Å². The molecule has 2 N–H and O–H groups in total. The second-order valence-corrected chi connectivity index (χ2v) is 11.0. The standard InChI is InChI=1S/C18H29NO5S2/c1-15(2)25(21,22)14-5-3-4-8-17(20)9-6-7-16-10-12-18(13-11-16)26(19,23)24/h10-13,15H,3-9,14H2,1-2H3,(H2,19,23,24). The Kier molecular flexibility index (Phi) is 8.92. The Labute approximate surface area is 157 Å². The number of benzene rings is 1. The van der Waals surface area contributed by atoms with E-state index in [1.807, 2.05) is 0 Å². The van der Waals surface area contributed by atoms with Crippen molar-refractivity contribution in [1.29, 1.82) is 0 Å². The van der Waals surface area contributed by atoms with E-state index in [0.717, 1.165) is 18.4 Å². The third-order valence-electron chi connectivity index (χ3n) is 4.28. The number of sulfonamides is 1. The number of nitrogens with two attached hydrogens (primary N) is 1. The van der Waals surface area contributed by atoms with Gasteiger partial charge in [-0.05, 0) is 57.2 Å². The van der Waals surface area contributed by atoms with E-state index in [1.54, 1.807) is 26.0 Å². The Morgan fingerprint density at radius 1 is 0.923 bits per heavy atom. The Morgan fingerprint density at radius 3 is 2.04 bits per heavy atom. The minimum absolute atomic E-state index is 0.0804. The highest BCUT2D eigenvalue weighted by Gasteiger charge is 2.15. The Hall–Kier alpha value is -1.25. The van der Waals surface area contributed by atoms with E-state index in [2.05, 4.69) is 0 Å². The highest BCUT2D eigenvalue weighted by atomic mass is 32.2. The molecule has 0 aromatic heterocycles. The van der Waals surface area contributed by atoms with Gasteiger partial charge in [-0.1, -0.05) is 18.6 Å². The lowest BCUT2D eigenvalue weighted by atomic mass is 10.0. The van der Waals surface area contributed by atoms with Crippen LogP contribution in [0.1, 0.15) is 57.9 Å². The lowest BCUT2D eigenvalue weighted by Gasteiger charge is -2.07. The van der Waals surface area contributed by atoms with Crippen LogP contribution >= 0.6 is 0 Å². The monoisotopic (exact) mass is 403 g/mol. The summed E-state index contributed by atoms with van der Waals surface area (Å²) in [6, 6.07) is 6.36. The third kappa shape index (κ3) is 8.42. The molecule has 0 aliphatic rings. The fraction of sp³-hybridized carbons (Fsp3) is 0.611. The SMILES string of the molecule is CC(C)S(=O)(=O)CCCCCC(=O)CCCc1ccc(S(N)(=O)=O)cc1. The van der Waals surface area contributed by atoms with Gasteiger partial charge in [0.1, 0.15) is 5.78 Å². The van der Waals surface area contributed by atoms with Gasteiger partial charge in [0.15, 0.2) is 9.84 Å². The molecule has 0 saturated heterocycles. The van der Waals surface area contributed by atoms with E-state index in [1.165, 1.54) is 12.1 Å². The van der Waals surface area contributed by atoms with Crippen molar-refractivity contribution < 1.29 is 21.6 Å². The molecule has 1 aromatic rings. The number of Topliss-reactive ketones (excluding diaryl/α,β-unsaturated/α-hetero) is 1.